The van der Waals surface area contributed by atoms with Gasteiger partial charge in [-0.2, -0.15) is 0 Å². The van der Waals surface area contributed by atoms with E-state index in [0.717, 1.165) is 6.42 Å². The second-order valence-corrected chi connectivity index (χ2v) is 6.64. The van der Waals surface area contributed by atoms with Crippen LogP contribution in [-0.2, 0) is 4.79 Å². The lowest BCUT2D eigenvalue weighted by Gasteiger charge is -2.04. The van der Waals surface area contributed by atoms with Gasteiger partial charge in [0.15, 0.2) is 5.13 Å². The highest BCUT2D eigenvalue weighted by Crippen LogP contribution is 2.29. The number of benzene rings is 1. The molecule has 122 valence electrons. The highest BCUT2D eigenvalue weighted by Gasteiger charge is 2.14. The largest absolute Gasteiger partial charge is 0.302 e. The van der Waals surface area contributed by atoms with Crippen LogP contribution < -0.4 is 5.32 Å². The monoisotopic (exact) mass is 333 g/mol. The molecule has 0 radical (unpaired) electrons. The van der Waals surface area contributed by atoms with Gasteiger partial charge in [0, 0.05) is 29.0 Å². The predicted octanol–water partition coefficient (Wildman–Crippen LogP) is 4.40. The van der Waals surface area contributed by atoms with Gasteiger partial charge in [-0.3, -0.25) is 14.9 Å². The van der Waals surface area contributed by atoms with Crippen LogP contribution in [0.1, 0.15) is 32.3 Å². The summed E-state index contributed by atoms with van der Waals surface area (Å²) in [7, 11) is 0. The molecular weight excluding hydrogens is 314 g/mol. The first-order valence-corrected chi connectivity index (χ1v) is 8.25. The number of carbonyl (C=O) groups excluding carboxylic acids is 1. The zero-order valence-electron chi connectivity index (χ0n) is 13.3. The summed E-state index contributed by atoms with van der Waals surface area (Å²) in [5, 5.41) is 16.1. The van der Waals surface area contributed by atoms with Crippen LogP contribution in [0.3, 0.4) is 0 Å². The molecule has 1 aromatic heterocycles. The Morgan fingerprint density at radius 3 is 2.83 bits per heavy atom. The Bertz CT molecular complexity index is 725. The van der Waals surface area contributed by atoms with E-state index in [4.69, 9.17) is 0 Å². The van der Waals surface area contributed by atoms with Crippen LogP contribution in [0.25, 0.3) is 11.3 Å². The number of nitrogens with one attached hydrogen (secondary N) is 1. The van der Waals surface area contributed by atoms with Gasteiger partial charge in [-0.1, -0.05) is 26.0 Å². The van der Waals surface area contributed by atoms with E-state index in [1.54, 1.807) is 24.4 Å². The molecule has 0 spiro atoms. The molecule has 0 unspecified atom stereocenters. The third-order valence-electron chi connectivity index (χ3n) is 3.40. The van der Waals surface area contributed by atoms with Gasteiger partial charge in [-0.15, -0.1) is 11.3 Å². The zero-order chi connectivity index (χ0) is 17.0. The number of carbonyl (C=O) groups is 1. The molecule has 0 saturated heterocycles. The summed E-state index contributed by atoms with van der Waals surface area (Å²) in [5.41, 5.74) is 1.97. The van der Waals surface area contributed by atoms with E-state index in [-0.39, 0.29) is 11.6 Å². The number of aryl methyl sites for hydroxylation is 1. The maximum atomic E-state index is 11.8. The number of hydrogen-bond acceptors (Lipinski definition) is 5. The highest BCUT2D eigenvalue weighted by atomic mass is 32.1. The van der Waals surface area contributed by atoms with Crippen LogP contribution in [0, 0.1) is 23.0 Å². The fourth-order valence-corrected chi connectivity index (χ4v) is 2.77. The summed E-state index contributed by atoms with van der Waals surface area (Å²) in [5.74, 6) is 0.412. The second-order valence-electron chi connectivity index (χ2n) is 5.78. The van der Waals surface area contributed by atoms with Crippen molar-refractivity contribution in [2.75, 3.05) is 5.32 Å². The number of amides is 1. The molecule has 0 aliphatic heterocycles. The van der Waals surface area contributed by atoms with Gasteiger partial charge in [0.1, 0.15) is 0 Å². The van der Waals surface area contributed by atoms with Crippen LogP contribution in [0.15, 0.2) is 23.6 Å². The van der Waals surface area contributed by atoms with E-state index in [1.807, 2.05) is 0 Å². The minimum atomic E-state index is -0.403. The molecule has 0 aliphatic rings. The fraction of sp³-hybridized carbons (Fsp3) is 0.375. The summed E-state index contributed by atoms with van der Waals surface area (Å²) in [6.45, 7) is 5.83. The van der Waals surface area contributed by atoms with Crippen molar-refractivity contribution < 1.29 is 9.72 Å². The molecule has 1 aromatic carbocycles. The molecule has 0 aliphatic carbocycles. The first-order chi connectivity index (χ1) is 10.9. The smallest absolute Gasteiger partial charge is 0.272 e. The Morgan fingerprint density at radius 2 is 2.17 bits per heavy atom. The van der Waals surface area contributed by atoms with Gasteiger partial charge >= 0.3 is 0 Å². The van der Waals surface area contributed by atoms with Gasteiger partial charge in [0.2, 0.25) is 5.91 Å². The zero-order valence-corrected chi connectivity index (χ0v) is 14.1. The number of rotatable bonds is 6. The molecule has 1 heterocycles. The van der Waals surface area contributed by atoms with Gasteiger partial charge in [0.25, 0.3) is 5.69 Å². The van der Waals surface area contributed by atoms with E-state index in [2.05, 4.69) is 24.1 Å². The quantitative estimate of drug-likeness (QED) is 0.627. The number of nitro benzene ring substituents is 1. The average Bonchev–Trinajstić information content (AvgIpc) is 2.93. The van der Waals surface area contributed by atoms with Crippen molar-refractivity contribution in [3.05, 3.63) is 39.3 Å². The molecule has 7 heteroatoms. The number of nitro groups is 1. The second kappa shape index (κ2) is 7.32. The van der Waals surface area contributed by atoms with Crippen molar-refractivity contribution >= 4 is 28.1 Å². The number of aromatic nitrogens is 1. The van der Waals surface area contributed by atoms with Crippen molar-refractivity contribution in [3.63, 3.8) is 0 Å². The van der Waals surface area contributed by atoms with Gasteiger partial charge < -0.3 is 5.32 Å². The molecular formula is C16H19N3O3S. The molecule has 2 aromatic rings. The first-order valence-electron chi connectivity index (χ1n) is 7.37. The lowest BCUT2D eigenvalue weighted by molar-refractivity contribution is -0.385. The minimum absolute atomic E-state index is 0.0607. The molecule has 1 N–H and O–H groups in total. The normalized spacial score (nSPS) is 10.8. The standard InChI is InChI=1S/C16H19N3O3S/c1-10(2)4-7-15(20)18-16-17-13(9-23-16)12-6-5-11(3)14(8-12)19(21)22/h5-6,8-10H,4,7H2,1-3H3,(H,17,18,20). The van der Waals surface area contributed by atoms with Gasteiger partial charge in [0.05, 0.1) is 10.6 Å². The highest BCUT2D eigenvalue weighted by molar-refractivity contribution is 7.14. The molecule has 6 nitrogen and oxygen atoms in total. The van der Waals surface area contributed by atoms with Crippen molar-refractivity contribution in [2.45, 2.75) is 33.6 Å². The number of anilines is 1. The summed E-state index contributed by atoms with van der Waals surface area (Å²) in [6, 6.07) is 5.00. The fourth-order valence-electron chi connectivity index (χ4n) is 2.03. The summed E-state index contributed by atoms with van der Waals surface area (Å²) in [4.78, 5) is 26.8. The molecule has 0 bridgehead atoms. The number of thiazole rings is 1. The molecule has 0 atom stereocenters. The Kier molecular flexibility index (Phi) is 5.44. The first kappa shape index (κ1) is 17.1. The third kappa shape index (κ3) is 4.59. The molecule has 0 saturated carbocycles. The number of nitrogens with zero attached hydrogens (tertiary/aromatic N) is 2. The van der Waals surface area contributed by atoms with E-state index in [0.29, 0.717) is 34.3 Å². The minimum Gasteiger partial charge on any atom is -0.302 e. The molecule has 23 heavy (non-hydrogen) atoms. The van der Waals surface area contributed by atoms with Crippen molar-refractivity contribution in [3.8, 4) is 11.3 Å². The molecule has 0 fully saturated rings. The Balaban J connectivity index is 2.12. The number of hydrogen-bond donors (Lipinski definition) is 1. The average molecular weight is 333 g/mol. The Labute approximate surface area is 138 Å². The van der Waals surface area contributed by atoms with Crippen molar-refractivity contribution in [1.82, 2.24) is 4.98 Å². The van der Waals surface area contributed by atoms with Crippen molar-refractivity contribution in [2.24, 2.45) is 5.92 Å². The third-order valence-corrected chi connectivity index (χ3v) is 4.16. The summed E-state index contributed by atoms with van der Waals surface area (Å²) < 4.78 is 0. The SMILES string of the molecule is Cc1ccc(-c2csc(NC(=O)CCC(C)C)n2)cc1[N+](=O)[O-]. The maximum Gasteiger partial charge on any atom is 0.272 e. The molecule has 1 amide bonds. The Morgan fingerprint density at radius 1 is 1.43 bits per heavy atom. The van der Waals surface area contributed by atoms with Crippen LogP contribution in [0.4, 0.5) is 10.8 Å². The topological polar surface area (TPSA) is 85.1 Å². The van der Waals surface area contributed by atoms with E-state index in [1.165, 1.54) is 17.4 Å². The van der Waals surface area contributed by atoms with E-state index >= 15 is 0 Å². The lowest BCUT2D eigenvalue weighted by Crippen LogP contribution is -2.11. The lowest BCUT2D eigenvalue weighted by atomic mass is 10.1. The predicted molar refractivity (Wildman–Crippen MR) is 91.6 cm³/mol. The van der Waals surface area contributed by atoms with Crippen molar-refractivity contribution in [1.29, 1.82) is 0 Å². The molecule has 2 rings (SSSR count). The van der Waals surface area contributed by atoms with Crippen LogP contribution >= 0.6 is 11.3 Å². The summed E-state index contributed by atoms with van der Waals surface area (Å²) >= 11 is 1.31. The van der Waals surface area contributed by atoms with Crippen LogP contribution in [-0.4, -0.2) is 15.8 Å². The van der Waals surface area contributed by atoms with Crippen LogP contribution in [0.5, 0.6) is 0 Å². The van der Waals surface area contributed by atoms with E-state index in [9.17, 15) is 14.9 Å². The summed E-state index contributed by atoms with van der Waals surface area (Å²) in [6.07, 6.45) is 1.29. The maximum absolute atomic E-state index is 11.8. The Hall–Kier alpha value is -2.28. The van der Waals surface area contributed by atoms with Gasteiger partial charge in [-0.05, 0) is 19.3 Å². The van der Waals surface area contributed by atoms with E-state index < -0.39 is 4.92 Å². The van der Waals surface area contributed by atoms with Gasteiger partial charge in [-0.25, -0.2) is 4.98 Å². The van der Waals surface area contributed by atoms with Crippen LogP contribution in [0.2, 0.25) is 0 Å².